The van der Waals surface area contributed by atoms with E-state index in [0.29, 0.717) is 0 Å². The minimum absolute atomic E-state index is 0.169. The number of allylic oxidation sites excluding steroid dienone is 1. The second-order valence-electron chi connectivity index (χ2n) is 6.62. The number of carbonyl (C=O) groups excluding carboxylic acids is 1. The van der Waals surface area contributed by atoms with Crippen LogP contribution in [0.5, 0.6) is 0 Å². The third-order valence-electron chi connectivity index (χ3n) is 4.26. The van der Waals surface area contributed by atoms with Crippen LogP contribution >= 0.6 is 0 Å². The summed E-state index contributed by atoms with van der Waals surface area (Å²) in [5.41, 5.74) is 0.424. The predicted molar refractivity (Wildman–Crippen MR) is 100 cm³/mol. The van der Waals surface area contributed by atoms with Crippen LogP contribution in [0.4, 0.5) is 0 Å². The standard InChI is InChI=1S/C21H30O4/c1-4-6-11-18(15-17-12-9-8-10-13-17)16-21(3,19(22)23)20(24)25-14-7-5-2/h8-10,12-13,15H,4-7,11,14,16H2,1-3H3,(H,22,23)/b18-15-. The van der Waals surface area contributed by atoms with Gasteiger partial charge in [-0.05, 0) is 38.2 Å². The van der Waals surface area contributed by atoms with E-state index in [1.54, 1.807) is 0 Å². The minimum atomic E-state index is -1.55. The summed E-state index contributed by atoms with van der Waals surface area (Å²) in [5, 5.41) is 9.67. The van der Waals surface area contributed by atoms with E-state index in [1.165, 1.54) is 6.92 Å². The molecule has 1 unspecified atom stereocenters. The quantitative estimate of drug-likeness (QED) is 0.344. The molecule has 138 valence electrons. The van der Waals surface area contributed by atoms with Crippen molar-refractivity contribution >= 4 is 18.0 Å². The number of carbonyl (C=O) groups is 2. The Morgan fingerprint density at radius 1 is 1.12 bits per heavy atom. The smallest absolute Gasteiger partial charge is 0.323 e. The molecule has 0 radical (unpaired) electrons. The van der Waals surface area contributed by atoms with Gasteiger partial charge in [0.05, 0.1) is 6.61 Å². The van der Waals surface area contributed by atoms with Crippen molar-refractivity contribution in [3.05, 3.63) is 41.5 Å². The van der Waals surface area contributed by atoms with Crippen molar-refractivity contribution in [2.24, 2.45) is 5.41 Å². The first-order chi connectivity index (χ1) is 11.9. The molecule has 1 atom stereocenters. The van der Waals surface area contributed by atoms with E-state index in [2.05, 4.69) is 6.92 Å². The SMILES string of the molecule is CCCCOC(=O)C(C)(C/C(=C\c1ccccc1)CCCC)C(=O)O. The highest BCUT2D eigenvalue weighted by Crippen LogP contribution is 2.31. The molecule has 1 aromatic rings. The molecule has 4 nitrogen and oxygen atoms in total. The molecule has 1 rings (SSSR count). The molecule has 0 fully saturated rings. The van der Waals surface area contributed by atoms with Crippen molar-refractivity contribution in [2.45, 2.75) is 59.3 Å². The Kier molecular flexibility index (Phi) is 8.96. The van der Waals surface area contributed by atoms with E-state index in [-0.39, 0.29) is 13.0 Å². The Hall–Kier alpha value is -2.10. The molecule has 0 aliphatic carbocycles. The lowest BCUT2D eigenvalue weighted by atomic mass is 9.81. The number of carboxylic acid groups (broad SMARTS) is 1. The van der Waals surface area contributed by atoms with Gasteiger partial charge in [-0.25, -0.2) is 0 Å². The molecule has 0 aliphatic rings. The largest absolute Gasteiger partial charge is 0.480 e. The first-order valence-electron chi connectivity index (χ1n) is 9.09. The number of hydrogen-bond acceptors (Lipinski definition) is 3. The Bertz CT molecular complexity index is 577. The van der Waals surface area contributed by atoms with Crippen LogP contribution in [0, 0.1) is 5.41 Å². The lowest BCUT2D eigenvalue weighted by Gasteiger charge is -2.24. The summed E-state index contributed by atoms with van der Waals surface area (Å²) in [5.74, 6) is -1.78. The average Bonchev–Trinajstić information content (AvgIpc) is 2.60. The maximum absolute atomic E-state index is 12.4. The number of esters is 1. The van der Waals surface area contributed by atoms with Crippen LogP contribution in [-0.4, -0.2) is 23.7 Å². The topological polar surface area (TPSA) is 63.6 Å². The van der Waals surface area contributed by atoms with Gasteiger partial charge in [-0.1, -0.05) is 68.7 Å². The molecule has 0 aliphatic heterocycles. The van der Waals surface area contributed by atoms with Crippen LogP contribution < -0.4 is 0 Å². The molecule has 0 spiro atoms. The molecule has 25 heavy (non-hydrogen) atoms. The summed E-state index contributed by atoms with van der Waals surface area (Å²) in [7, 11) is 0. The highest BCUT2D eigenvalue weighted by molar-refractivity contribution is 5.99. The maximum Gasteiger partial charge on any atom is 0.323 e. The van der Waals surface area contributed by atoms with Crippen LogP contribution in [0.25, 0.3) is 6.08 Å². The Morgan fingerprint density at radius 3 is 2.32 bits per heavy atom. The van der Waals surface area contributed by atoms with Gasteiger partial charge in [-0.2, -0.15) is 0 Å². The van der Waals surface area contributed by atoms with Gasteiger partial charge in [0.15, 0.2) is 5.41 Å². The molecule has 4 heteroatoms. The molecule has 0 bridgehead atoms. The zero-order valence-corrected chi connectivity index (χ0v) is 15.6. The van der Waals surface area contributed by atoms with Gasteiger partial charge >= 0.3 is 11.9 Å². The number of ether oxygens (including phenoxy) is 1. The molecular weight excluding hydrogens is 316 g/mol. The van der Waals surface area contributed by atoms with E-state index in [0.717, 1.165) is 43.2 Å². The Balaban J connectivity index is 3.01. The highest BCUT2D eigenvalue weighted by atomic mass is 16.5. The van der Waals surface area contributed by atoms with Crippen LogP contribution in [-0.2, 0) is 14.3 Å². The zero-order chi connectivity index (χ0) is 18.7. The molecule has 0 saturated carbocycles. The van der Waals surface area contributed by atoms with Gasteiger partial charge in [0.1, 0.15) is 0 Å². The lowest BCUT2D eigenvalue weighted by Crippen LogP contribution is -2.38. The van der Waals surface area contributed by atoms with Crippen LogP contribution in [0.3, 0.4) is 0 Å². The normalized spacial score (nSPS) is 14.0. The highest BCUT2D eigenvalue weighted by Gasteiger charge is 2.43. The minimum Gasteiger partial charge on any atom is -0.480 e. The first kappa shape index (κ1) is 20.9. The Labute approximate surface area is 150 Å². The fourth-order valence-electron chi connectivity index (χ4n) is 2.56. The molecule has 0 heterocycles. The number of aliphatic carboxylic acids is 1. The number of carboxylic acids is 1. The zero-order valence-electron chi connectivity index (χ0n) is 15.6. The third-order valence-corrected chi connectivity index (χ3v) is 4.26. The van der Waals surface area contributed by atoms with E-state index in [1.807, 2.05) is 43.3 Å². The second-order valence-corrected chi connectivity index (χ2v) is 6.62. The van der Waals surface area contributed by atoms with Gasteiger partial charge in [0.2, 0.25) is 0 Å². The average molecular weight is 346 g/mol. The molecule has 0 aromatic heterocycles. The van der Waals surface area contributed by atoms with Gasteiger partial charge in [0.25, 0.3) is 0 Å². The fraction of sp³-hybridized carbons (Fsp3) is 0.524. The molecule has 1 N–H and O–H groups in total. The van der Waals surface area contributed by atoms with Crippen molar-refractivity contribution in [1.82, 2.24) is 0 Å². The molecule has 1 aromatic carbocycles. The summed E-state index contributed by atoms with van der Waals surface area (Å²) < 4.78 is 5.22. The fourth-order valence-corrected chi connectivity index (χ4v) is 2.56. The van der Waals surface area contributed by atoms with Crippen molar-refractivity contribution in [3.63, 3.8) is 0 Å². The van der Waals surface area contributed by atoms with Crippen molar-refractivity contribution in [1.29, 1.82) is 0 Å². The molecular formula is C21H30O4. The number of unbranched alkanes of at least 4 members (excludes halogenated alkanes) is 2. The van der Waals surface area contributed by atoms with Gasteiger partial charge in [-0.3, -0.25) is 9.59 Å². The first-order valence-corrected chi connectivity index (χ1v) is 9.09. The number of benzene rings is 1. The van der Waals surface area contributed by atoms with Gasteiger partial charge < -0.3 is 9.84 Å². The van der Waals surface area contributed by atoms with Crippen molar-refractivity contribution < 1.29 is 19.4 Å². The monoisotopic (exact) mass is 346 g/mol. The summed E-state index contributed by atoms with van der Waals surface area (Å²) in [6.45, 7) is 5.82. The lowest BCUT2D eigenvalue weighted by molar-refractivity contribution is -0.167. The van der Waals surface area contributed by atoms with E-state index in [9.17, 15) is 14.7 Å². The summed E-state index contributed by atoms with van der Waals surface area (Å²) >= 11 is 0. The van der Waals surface area contributed by atoms with Gasteiger partial charge in [0, 0.05) is 0 Å². The summed E-state index contributed by atoms with van der Waals surface area (Å²) in [4.78, 5) is 24.2. The van der Waals surface area contributed by atoms with Gasteiger partial charge in [-0.15, -0.1) is 0 Å². The second kappa shape index (κ2) is 10.7. The van der Waals surface area contributed by atoms with Crippen molar-refractivity contribution in [3.8, 4) is 0 Å². The maximum atomic E-state index is 12.4. The van der Waals surface area contributed by atoms with Crippen molar-refractivity contribution in [2.75, 3.05) is 6.61 Å². The number of rotatable bonds is 11. The predicted octanol–water partition coefficient (Wildman–Crippen LogP) is 5.08. The summed E-state index contributed by atoms with van der Waals surface area (Å²) in [6, 6.07) is 9.78. The van der Waals surface area contributed by atoms with Crippen LogP contribution in [0.2, 0.25) is 0 Å². The molecule has 0 amide bonds. The number of hydrogen-bond donors (Lipinski definition) is 1. The molecule has 0 saturated heterocycles. The van der Waals surface area contributed by atoms with E-state index >= 15 is 0 Å². The summed E-state index contributed by atoms with van der Waals surface area (Å²) in [6.07, 6.45) is 6.54. The Morgan fingerprint density at radius 2 is 1.76 bits per heavy atom. The van der Waals surface area contributed by atoms with E-state index < -0.39 is 17.4 Å². The third kappa shape index (κ3) is 6.73. The van der Waals surface area contributed by atoms with E-state index in [4.69, 9.17) is 4.74 Å². The van der Waals surface area contributed by atoms with Crippen LogP contribution in [0.1, 0.15) is 64.9 Å². The van der Waals surface area contributed by atoms with Crippen LogP contribution in [0.15, 0.2) is 35.9 Å².